The van der Waals surface area contributed by atoms with E-state index in [1.165, 1.54) is 0 Å². The summed E-state index contributed by atoms with van der Waals surface area (Å²) in [6.45, 7) is 3.66. The smallest absolute Gasteiger partial charge is 0.122 e. The van der Waals surface area contributed by atoms with E-state index in [9.17, 15) is 0 Å². The molecule has 0 radical (unpaired) electrons. The number of aryl methyl sites for hydroxylation is 1. The van der Waals surface area contributed by atoms with Crippen molar-refractivity contribution < 1.29 is 9.47 Å². The molecule has 0 spiro atoms. The molecule has 0 atom stereocenters. The van der Waals surface area contributed by atoms with E-state index < -0.39 is 0 Å². The van der Waals surface area contributed by atoms with Crippen molar-refractivity contribution in [3.05, 3.63) is 83.9 Å². The Morgan fingerprint density at radius 3 is 2.36 bits per heavy atom. The van der Waals surface area contributed by atoms with Gasteiger partial charge in [0.2, 0.25) is 0 Å². The Morgan fingerprint density at radius 2 is 1.60 bits per heavy atom. The summed E-state index contributed by atoms with van der Waals surface area (Å²) in [5.41, 5.74) is 10.0. The van der Waals surface area contributed by atoms with Gasteiger partial charge in [-0.25, -0.2) is 0 Å². The van der Waals surface area contributed by atoms with Crippen LogP contribution in [0.15, 0.2) is 72.8 Å². The number of benzene rings is 3. The van der Waals surface area contributed by atoms with E-state index in [0.29, 0.717) is 19.8 Å². The second-order valence-electron chi connectivity index (χ2n) is 5.92. The Morgan fingerprint density at radius 1 is 0.800 bits per heavy atom. The fourth-order valence-corrected chi connectivity index (χ4v) is 2.67. The largest absolute Gasteiger partial charge is 0.492 e. The van der Waals surface area contributed by atoms with Crippen molar-refractivity contribution in [1.82, 2.24) is 0 Å². The molecule has 0 fully saturated rings. The summed E-state index contributed by atoms with van der Waals surface area (Å²) in [6.07, 6.45) is 0. The minimum Gasteiger partial charge on any atom is -0.492 e. The SMILES string of the molecule is Cc1cc(-c2cccc(OCc3ccccc3)c2)ccc1OCCN. The molecule has 0 aliphatic carbocycles. The molecule has 0 unspecified atom stereocenters. The molecule has 0 aliphatic heterocycles. The van der Waals surface area contributed by atoms with E-state index in [1.807, 2.05) is 43.3 Å². The zero-order valence-electron chi connectivity index (χ0n) is 14.4. The first kappa shape index (κ1) is 17.1. The highest BCUT2D eigenvalue weighted by Crippen LogP contribution is 2.28. The van der Waals surface area contributed by atoms with Crippen LogP contribution in [-0.4, -0.2) is 13.2 Å². The van der Waals surface area contributed by atoms with E-state index in [4.69, 9.17) is 15.2 Å². The number of ether oxygens (including phenoxy) is 2. The van der Waals surface area contributed by atoms with Crippen LogP contribution in [0, 0.1) is 6.92 Å². The zero-order valence-corrected chi connectivity index (χ0v) is 14.4. The molecule has 128 valence electrons. The topological polar surface area (TPSA) is 44.5 Å². The van der Waals surface area contributed by atoms with Gasteiger partial charge in [-0.15, -0.1) is 0 Å². The lowest BCUT2D eigenvalue weighted by Crippen LogP contribution is -2.11. The normalized spacial score (nSPS) is 10.5. The van der Waals surface area contributed by atoms with Gasteiger partial charge in [0, 0.05) is 6.54 Å². The third-order valence-electron chi connectivity index (χ3n) is 3.97. The van der Waals surface area contributed by atoms with Crippen LogP contribution in [0.1, 0.15) is 11.1 Å². The van der Waals surface area contributed by atoms with Crippen LogP contribution < -0.4 is 15.2 Å². The summed E-state index contributed by atoms with van der Waals surface area (Å²) in [6, 6.07) is 24.5. The first-order valence-corrected chi connectivity index (χ1v) is 8.47. The average molecular weight is 333 g/mol. The van der Waals surface area contributed by atoms with Crippen LogP contribution in [-0.2, 0) is 6.61 Å². The molecule has 0 heterocycles. The average Bonchev–Trinajstić information content (AvgIpc) is 2.66. The summed E-state index contributed by atoms with van der Waals surface area (Å²) in [5.74, 6) is 1.74. The van der Waals surface area contributed by atoms with Crippen molar-refractivity contribution in [1.29, 1.82) is 0 Å². The van der Waals surface area contributed by atoms with Crippen LogP contribution >= 0.6 is 0 Å². The second-order valence-corrected chi connectivity index (χ2v) is 5.92. The number of nitrogens with two attached hydrogens (primary N) is 1. The lowest BCUT2D eigenvalue weighted by atomic mass is 10.0. The van der Waals surface area contributed by atoms with Crippen LogP contribution in [0.2, 0.25) is 0 Å². The summed E-state index contributed by atoms with van der Waals surface area (Å²) in [4.78, 5) is 0. The minimum atomic E-state index is 0.516. The molecule has 0 saturated heterocycles. The van der Waals surface area contributed by atoms with Crippen LogP contribution in [0.5, 0.6) is 11.5 Å². The van der Waals surface area contributed by atoms with Crippen molar-refractivity contribution >= 4 is 0 Å². The highest BCUT2D eigenvalue weighted by atomic mass is 16.5. The van der Waals surface area contributed by atoms with Gasteiger partial charge in [0.25, 0.3) is 0 Å². The van der Waals surface area contributed by atoms with Gasteiger partial charge >= 0.3 is 0 Å². The maximum absolute atomic E-state index is 5.92. The molecule has 3 nitrogen and oxygen atoms in total. The molecular formula is C22H23NO2. The molecule has 2 N–H and O–H groups in total. The van der Waals surface area contributed by atoms with Gasteiger partial charge in [-0.05, 0) is 53.4 Å². The summed E-state index contributed by atoms with van der Waals surface area (Å²) >= 11 is 0. The fraction of sp³-hybridized carbons (Fsp3) is 0.182. The van der Waals surface area contributed by atoms with Crippen molar-refractivity contribution in [2.75, 3.05) is 13.2 Å². The fourth-order valence-electron chi connectivity index (χ4n) is 2.67. The third kappa shape index (κ3) is 4.61. The molecule has 0 aliphatic rings. The van der Waals surface area contributed by atoms with Gasteiger partial charge in [-0.3, -0.25) is 0 Å². The zero-order chi connectivity index (χ0) is 17.5. The van der Waals surface area contributed by atoms with E-state index in [-0.39, 0.29) is 0 Å². The lowest BCUT2D eigenvalue weighted by molar-refractivity contribution is 0.306. The quantitative estimate of drug-likeness (QED) is 0.688. The van der Waals surface area contributed by atoms with E-state index in [1.54, 1.807) is 0 Å². The first-order chi connectivity index (χ1) is 12.3. The molecule has 0 saturated carbocycles. The Kier molecular flexibility index (Phi) is 5.70. The maximum atomic E-state index is 5.92. The van der Waals surface area contributed by atoms with Crippen LogP contribution in [0.3, 0.4) is 0 Å². The Labute approximate surface area is 149 Å². The predicted molar refractivity (Wildman–Crippen MR) is 102 cm³/mol. The summed E-state index contributed by atoms with van der Waals surface area (Å²) in [7, 11) is 0. The molecule has 0 amide bonds. The van der Waals surface area contributed by atoms with Gasteiger partial charge < -0.3 is 15.2 Å². The summed E-state index contributed by atoms with van der Waals surface area (Å²) < 4.78 is 11.6. The number of hydrogen-bond acceptors (Lipinski definition) is 3. The third-order valence-corrected chi connectivity index (χ3v) is 3.97. The number of rotatable bonds is 7. The molecule has 3 rings (SSSR count). The standard InChI is InChI=1S/C22H23NO2/c1-17-14-20(10-11-22(17)24-13-12-23)19-8-5-9-21(15-19)25-16-18-6-3-2-4-7-18/h2-11,14-15H,12-13,16,23H2,1H3. The van der Waals surface area contributed by atoms with Gasteiger partial charge in [0.15, 0.2) is 0 Å². The molecule has 25 heavy (non-hydrogen) atoms. The van der Waals surface area contributed by atoms with Crippen molar-refractivity contribution in [3.8, 4) is 22.6 Å². The van der Waals surface area contributed by atoms with Crippen molar-refractivity contribution in [2.45, 2.75) is 13.5 Å². The Balaban J connectivity index is 1.73. The molecule has 0 bridgehead atoms. The number of hydrogen-bond donors (Lipinski definition) is 1. The molecule has 0 aromatic heterocycles. The first-order valence-electron chi connectivity index (χ1n) is 8.47. The molecular weight excluding hydrogens is 310 g/mol. The molecule has 3 aromatic carbocycles. The van der Waals surface area contributed by atoms with Gasteiger partial charge in [0.1, 0.15) is 24.7 Å². The monoisotopic (exact) mass is 333 g/mol. The predicted octanol–water partition coefficient (Wildman–Crippen LogP) is 4.58. The van der Waals surface area contributed by atoms with Crippen LogP contribution in [0.25, 0.3) is 11.1 Å². The molecule has 3 aromatic rings. The highest BCUT2D eigenvalue weighted by molar-refractivity contribution is 5.67. The maximum Gasteiger partial charge on any atom is 0.122 e. The van der Waals surface area contributed by atoms with Gasteiger partial charge in [-0.2, -0.15) is 0 Å². The van der Waals surface area contributed by atoms with Crippen molar-refractivity contribution in [2.24, 2.45) is 5.73 Å². The minimum absolute atomic E-state index is 0.516. The van der Waals surface area contributed by atoms with E-state index >= 15 is 0 Å². The Bertz CT molecular complexity index is 815. The summed E-state index contributed by atoms with van der Waals surface area (Å²) in [5, 5.41) is 0. The van der Waals surface area contributed by atoms with Gasteiger partial charge in [-0.1, -0.05) is 48.5 Å². The van der Waals surface area contributed by atoms with Crippen molar-refractivity contribution in [3.63, 3.8) is 0 Å². The second kappa shape index (κ2) is 8.36. The Hall–Kier alpha value is -2.78. The lowest BCUT2D eigenvalue weighted by Gasteiger charge is -2.11. The van der Waals surface area contributed by atoms with Crippen LogP contribution in [0.4, 0.5) is 0 Å². The van der Waals surface area contributed by atoms with E-state index in [0.717, 1.165) is 33.8 Å². The van der Waals surface area contributed by atoms with E-state index in [2.05, 4.69) is 36.4 Å². The molecule has 3 heteroatoms. The van der Waals surface area contributed by atoms with Gasteiger partial charge in [0.05, 0.1) is 0 Å². The highest BCUT2D eigenvalue weighted by Gasteiger charge is 2.05.